The highest BCUT2D eigenvalue weighted by molar-refractivity contribution is 14.1. The summed E-state index contributed by atoms with van der Waals surface area (Å²) in [6.45, 7) is 2.20. The molecule has 3 aliphatic rings. The van der Waals surface area contributed by atoms with Crippen molar-refractivity contribution in [3.63, 3.8) is 0 Å². The van der Waals surface area contributed by atoms with E-state index in [2.05, 4.69) is 40.9 Å². The molecule has 4 rings (SSSR count). The lowest BCUT2D eigenvalue weighted by Crippen LogP contribution is -2.42. The first kappa shape index (κ1) is 15.5. The minimum atomic E-state index is -0.0731. The van der Waals surface area contributed by atoms with Gasteiger partial charge in [-0.25, -0.2) is 0 Å². The fourth-order valence-corrected chi connectivity index (χ4v) is 6.04. The molecule has 122 valence electrons. The Balaban J connectivity index is 1.71. The van der Waals surface area contributed by atoms with Crippen LogP contribution >= 0.6 is 22.6 Å². The highest BCUT2D eigenvalue weighted by atomic mass is 127. The lowest BCUT2D eigenvalue weighted by Gasteiger charge is -2.48. The van der Waals surface area contributed by atoms with E-state index in [-0.39, 0.29) is 5.41 Å². The Morgan fingerprint density at radius 1 is 1.26 bits per heavy atom. The summed E-state index contributed by atoms with van der Waals surface area (Å²) in [6, 6.07) is 4.16. The van der Waals surface area contributed by atoms with Crippen molar-refractivity contribution >= 4 is 28.4 Å². The lowest BCUT2D eigenvalue weighted by molar-refractivity contribution is -0.129. The summed E-state index contributed by atoms with van der Waals surface area (Å²) in [5.74, 6) is 2.78. The Hall–Kier alpha value is -0.980. The first-order valence-corrected chi connectivity index (χ1v) is 9.48. The third kappa shape index (κ3) is 2.26. The molecule has 3 aliphatic carbocycles. The summed E-state index contributed by atoms with van der Waals surface area (Å²) in [7, 11) is 0. The third-order valence-corrected chi connectivity index (χ3v) is 7.46. The molecule has 0 amide bonds. The predicted molar refractivity (Wildman–Crippen MR) is 95.2 cm³/mol. The molecule has 0 aromatic heterocycles. The fourth-order valence-electron chi connectivity index (χ4n) is 5.45. The van der Waals surface area contributed by atoms with Gasteiger partial charge in [0.1, 0.15) is 5.78 Å². The normalized spacial score (nSPS) is 35.2. The van der Waals surface area contributed by atoms with Crippen LogP contribution < -0.4 is 4.84 Å². The van der Waals surface area contributed by atoms with Crippen molar-refractivity contribution in [2.24, 2.45) is 22.6 Å². The second kappa shape index (κ2) is 5.53. The van der Waals surface area contributed by atoms with Gasteiger partial charge in [0.25, 0.3) is 0 Å². The molecule has 2 fully saturated rings. The number of Topliss-reactive ketones (excluding diaryl/α,β-unsaturated/α-hetero) is 1. The van der Waals surface area contributed by atoms with Gasteiger partial charge in [0.2, 0.25) is 0 Å². The molecule has 0 radical (unpaired) electrons. The Bertz CT molecular complexity index is 689. The average molecular weight is 425 g/mol. The molecule has 2 saturated carbocycles. The van der Waals surface area contributed by atoms with E-state index in [0.29, 0.717) is 29.3 Å². The Morgan fingerprint density at radius 2 is 2.09 bits per heavy atom. The lowest BCUT2D eigenvalue weighted by atomic mass is 9.55. The van der Waals surface area contributed by atoms with Crippen molar-refractivity contribution in [2.75, 3.05) is 0 Å². The van der Waals surface area contributed by atoms with Crippen LogP contribution in [0, 0.1) is 25.7 Å². The SMILES string of the molecule is C[C@]12CC[C@@H]3c4cc(I)c(ON=O)cc4CC[C@H]3[C@@H]1CCC2=O. The van der Waals surface area contributed by atoms with E-state index in [1.54, 1.807) is 0 Å². The number of halogens is 1. The number of hydrogen-bond acceptors (Lipinski definition) is 4. The molecular formula is C18H20INO3. The van der Waals surface area contributed by atoms with Crippen LogP contribution in [0.3, 0.4) is 0 Å². The second-order valence-electron chi connectivity index (χ2n) is 7.48. The predicted octanol–water partition coefficient (Wildman–Crippen LogP) is 4.78. The highest BCUT2D eigenvalue weighted by Gasteiger charge is 2.54. The highest BCUT2D eigenvalue weighted by Crippen LogP contribution is 2.59. The Kier molecular flexibility index (Phi) is 3.74. The van der Waals surface area contributed by atoms with Crippen LogP contribution in [0.15, 0.2) is 17.5 Å². The van der Waals surface area contributed by atoms with Gasteiger partial charge in [-0.15, -0.1) is 4.91 Å². The van der Waals surface area contributed by atoms with Gasteiger partial charge in [0.15, 0.2) is 11.1 Å². The number of hydrogen-bond donors (Lipinski definition) is 0. The molecular weight excluding hydrogens is 405 g/mol. The Morgan fingerprint density at radius 3 is 2.87 bits per heavy atom. The van der Waals surface area contributed by atoms with E-state index in [1.807, 2.05) is 6.07 Å². The van der Waals surface area contributed by atoms with Crippen LogP contribution in [0.5, 0.6) is 5.75 Å². The number of fused-ring (bicyclic) bond motifs is 5. The number of benzene rings is 1. The summed E-state index contributed by atoms with van der Waals surface area (Å²) in [5, 5.41) is 2.57. The molecule has 0 bridgehead atoms. The smallest absolute Gasteiger partial charge is 0.175 e. The van der Waals surface area contributed by atoms with E-state index in [0.717, 1.165) is 42.1 Å². The van der Waals surface area contributed by atoms with Crippen LogP contribution in [0.25, 0.3) is 0 Å². The molecule has 23 heavy (non-hydrogen) atoms. The van der Waals surface area contributed by atoms with E-state index < -0.39 is 0 Å². The molecule has 0 saturated heterocycles. The van der Waals surface area contributed by atoms with Crippen molar-refractivity contribution < 1.29 is 9.63 Å². The molecule has 0 heterocycles. The topological polar surface area (TPSA) is 55.7 Å². The zero-order valence-corrected chi connectivity index (χ0v) is 15.3. The molecule has 4 atom stereocenters. The van der Waals surface area contributed by atoms with Crippen LogP contribution in [-0.2, 0) is 11.2 Å². The number of carbonyl (C=O) groups excluding carboxylic acids is 1. The molecule has 1 aromatic rings. The quantitative estimate of drug-likeness (QED) is 0.390. The molecule has 0 unspecified atom stereocenters. The van der Waals surface area contributed by atoms with E-state index in [4.69, 9.17) is 4.84 Å². The zero-order valence-electron chi connectivity index (χ0n) is 13.2. The van der Waals surface area contributed by atoms with Crippen LogP contribution in [-0.4, -0.2) is 5.78 Å². The minimum absolute atomic E-state index is 0.0731. The zero-order chi connectivity index (χ0) is 16.2. The monoisotopic (exact) mass is 425 g/mol. The molecule has 4 nitrogen and oxygen atoms in total. The van der Waals surface area contributed by atoms with Crippen LogP contribution in [0.4, 0.5) is 0 Å². The molecule has 0 aliphatic heterocycles. The third-order valence-electron chi connectivity index (χ3n) is 6.62. The van der Waals surface area contributed by atoms with E-state index >= 15 is 0 Å². The fraction of sp³-hybridized carbons (Fsp3) is 0.611. The van der Waals surface area contributed by atoms with Gasteiger partial charge in [0.05, 0.1) is 3.57 Å². The van der Waals surface area contributed by atoms with Gasteiger partial charge in [0, 0.05) is 11.8 Å². The number of ketones is 1. The molecule has 0 N–H and O–H groups in total. The maximum atomic E-state index is 12.4. The number of carbonyl (C=O) groups is 1. The second-order valence-corrected chi connectivity index (χ2v) is 8.64. The van der Waals surface area contributed by atoms with Crippen molar-refractivity contribution in [1.82, 2.24) is 0 Å². The van der Waals surface area contributed by atoms with Gasteiger partial charge in [-0.05, 0) is 95.7 Å². The summed E-state index contributed by atoms with van der Waals surface area (Å²) in [4.78, 5) is 27.6. The van der Waals surface area contributed by atoms with Crippen molar-refractivity contribution in [2.45, 2.75) is 51.4 Å². The van der Waals surface area contributed by atoms with Gasteiger partial charge in [-0.2, -0.15) is 0 Å². The summed E-state index contributed by atoms with van der Waals surface area (Å²) >= 11 is 2.21. The summed E-state index contributed by atoms with van der Waals surface area (Å²) in [6.07, 6.45) is 6.09. The number of nitrogens with zero attached hydrogens (tertiary/aromatic N) is 1. The van der Waals surface area contributed by atoms with Crippen molar-refractivity contribution in [3.05, 3.63) is 31.7 Å². The standard InChI is InChI=1S/C18H20INO3/c1-18-7-6-11-12(14(18)4-5-17(18)21)3-2-10-8-16(23-20-22)15(19)9-13(10)11/h8-9,11-12,14H,2-7H2,1H3/t11-,12+,14-,18-/m0/s1. The summed E-state index contributed by atoms with van der Waals surface area (Å²) < 4.78 is 0.942. The first-order chi connectivity index (χ1) is 11.0. The average Bonchev–Trinajstić information content (AvgIpc) is 2.84. The van der Waals surface area contributed by atoms with Crippen LogP contribution in [0.1, 0.15) is 56.1 Å². The Labute approximate surface area is 149 Å². The van der Waals surface area contributed by atoms with Crippen LogP contribution in [0.2, 0.25) is 0 Å². The number of rotatable bonds is 2. The molecule has 1 aromatic carbocycles. The van der Waals surface area contributed by atoms with Crippen molar-refractivity contribution in [3.8, 4) is 5.75 Å². The first-order valence-electron chi connectivity index (χ1n) is 8.40. The minimum Gasteiger partial charge on any atom is -0.323 e. The number of aryl methyl sites for hydroxylation is 1. The van der Waals surface area contributed by atoms with Gasteiger partial charge < -0.3 is 4.84 Å². The van der Waals surface area contributed by atoms with Gasteiger partial charge in [-0.1, -0.05) is 6.92 Å². The van der Waals surface area contributed by atoms with Gasteiger partial charge in [-0.3, -0.25) is 4.79 Å². The maximum Gasteiger partial charge on any atom is 0.175 e. The maximum absolute atomic E-state index is 12.4. The largest absolute Gasteiger partial charge is 0.323 e. The van der Waals surface area contributed by atoms with E-state index in [9.17, 15) is 9.70 Å². The molecule has 0 spiro atoms. The van der Waals surface area contributed by atoms with Gasteiger partial charge >= 0.3 is 0 Å². The van der Waals surface area contributed by atoms with E-state index in [1.165, 1.54) is 11.1 Å². The summed E-state index contributed by atoms with van der Waals surface area (Å²) in [5.41, 5.74) is 2.62. The van der Waals surface area contributed by atoms with Crippen molar-refractivity contribution in [1.29, 1.82) is 0 Å². The molecule has 5 heteroatoms.